The first-order valence-corrected chi connectivity index (χ1v) is 6.52. The van der Waals surface area contributed by atoms with Crippen LogP contribution in [0.5, 0.6) is 0 Å². The fraction of sp³-hybridized carbons (Fsp3) is 0.385. The van der Waals surface area contributed by atoms with E-state index in [-0.39, 0.29) is 11.8 Å². The molecule has 7 heteroatoms. The fourth-order valence-electron chi connectivity index (χ4n) is 2.55. The summed E-state index contributed by atoms with van der Waals surface area (Å²) >= 11 is 0. The average Bonchev–Trinajstić information content (AvgIpc) is 3.04. The Bertz CT molecular complexity index is 695. The molecule has 0 bridgehead atoms. The topological polar surface area (TPSA) is 77.6 Å². The summed E-state index contributed by atoms with van der Waals surface area (Å²) in [4.78, 5) is 16.2. The number of anilines is 1. The lowest BCUT2D eigenvalue weighted by molar-refractivity contribution is -0.114. The number of hydrogen-bond acceptors (Lipinski definition) is 5. The van der Waals surface area contributed by atoms with Gasteiger partial charge in [0, 0.05) is 29.6 Å². The summed E-state index contributed by atoms with van der Waals surface area (Å²) in [5, 5.41) is 11.6. The SMILES string of the molecule is CCn1cc(C2C(C(C)=O)=C(C)Nc3ncnn32)cn1. The molecule has 1 atom stereocenters. The van der Waals surface area contributed by atoms with Crippen LogP contribution in [0, 0.1) is 0 Å². The molecular formula is C13H16N6O. The van der Waals surface area contributed by atoms with Crippen LogP contribution in [0.1, 0.15) is 32.4 Å². The van der Waals surface area contributed by atoms with Crippen molar-refractivity contribution in [1.29, 1.82) is 0 Å². The molecule has 1 N–H and O–H groups in total. The highest BCUT2D eigenvalue weighted by molar-refractivity contribution is 5.96. The Morgan fingerprint density at radius 1 is 1.45 bits per heavy atom. The number of carbonyl (C=O) groups excluding carboxylic acids is 1. The molecule has 2 aromatic heterocycles. The molecule has 0 spiro atoms. The van der Waals surface area contributed by atoms with E-state index in [1.807, 2.05) is 24.7 Å². The third kappa shape index (κ3) is 1.82. The molecule has 0 amide bonds. The molecule has 0 aliphatic carbocycles. The van der Waals surface area contributed by atoms with Crippen LogP contribution < -0.4 is 5.32 Å². The van der Waals surface area contributed by atoms with Gasteiger partial charge in [-0.15, -0.1) is 0 Å². The molecule has 2 aromatic rings. The Morgan fingerprint density at radius 3 is 2.90 bits per heavy atom. The zero-order valence-corrected chi connectivity index (χ0v) is 11.7. The molecule has 0 saturated heterocycles. The highest BCUT2D eigenvalue weighted by Crippen LogP contribution is 2.34. The average molecular weight is 272 g/mol. The highest BCUT2D eigenvalue weighted by Gasteiger charge is 2.32. The minimum Gasteiger partial charge on any atom is -0.328 e. The molecule has 104 valence electrons. The first kappa shape index (κ1) is 12.6. The van der Waals surface area contributed by atoms with Crippen molar-refractivity contribution in [3.8, 4) is 0 Å². The summed E-state index contributed by atoms with van der Waals surface area (Å²) in [7, 11) is 0. The van der Waals surface area contributed by atoms with E-state index in [0.717, 1.165) is 17.8 Å². The van der Waals surface area contributed by atoms with Gasteiger partial charge >= 0.3 is 0 Å². The molecular weight excluding hydrogens is 256 g/mol. The first-order valence-electron chi connectivity index (χ1n) is 6.52. The second-order valence-corrected chi connectivity index (χ2v) is 4.78. The molecule has 1 aliphatic rings. The number of nitrogens with zero attached hydrogens (tertiary/aromatic N) is 5. The van der Waals surface area contributed by atoms with E-state index in [1.165, 1.54) is 6.33 Å². The zero-order valence-electron chi connectivity index (χ0n) is 11.7. The van der Waals surface area contributed by atoms with Gasteiger partial charge in [0.05, 0.1) is 6.20 Å². The van der Waals surface area contributed by atoms with Gasteiger partial charge in [-0.25, -0.2) is 4.68 Å². The fourth-order valence-corrected chi connectivity index (χ4v) is 2.55. The molecule has 3 heterocycles. The lowest BCUT2D eigenvalue weighted by Gasteiger charge is -2.26. The minimum atomic E-state index is -0.272. The van der Waals surface area contributed by atoms with Gasteiger partial charge in [0.25, 0.3) is 0 Å². The lowest BCUT2D eigenvalue weighted by Crippen LogP contribution is -2.27. The molecule has 0 fully saturated rings. The predicted octanol–water partition coefficient (Wildman–Crippen LogP) is 1.37. The van der Waals surface area contributed by atoms with Crippen molar-refractivity contribution in [3.63, 3.8) is 0 Å². The molecule has 0 aromatic carbocycles. The largest absolute Gasteiger partial charge is 0.328 e. The third-order valence-electron chi connectivity index (χ3n) is 3.47. The molecule has 20 heavy (non-hydrogen) atoms. The van der Waals surface area contributed by atoms with Crippen molar-refractivity contribution in [3.05, 3.63) is 35.6 Å². The maximum Gasteiger partial charge on any atom is 0.226 e. The molecule has 1 aliphatic heterocycles. The van der Waals surface area contributed by atoms with Gasteiger partial charge < -0.3 is 5.32 Å². The van der Waals surface area contributed by atoms with E-state index in [9.17, 15) is 4.79 Å². The summed E-state index contributed by atoms with van der Waals surface area (Å²) in [5.74, 6) is 0.659. The van der Waals surface area contributed by atoms with Gasteiger partial charge in [0.1, 0.15) is 12.4 Å². The number of rotatable bonds is 3. The third-order valence-corrected chi connectivity index (χ3v) is 3.47. The quantitative estimate of drug-likeness (QED) is 0.913. The van der Waals surface area contributed by atoms with Crippen LogP contribution in [0.15, 0.2) is 30.0 Å². The number of hydrogen-bond donors (Lipinski definition) is 1. The van der Waals surface area contributed by atoms with Crippen molar-refractivity contribution >= 4 is 11.7 Å². The van der Waals surface area contributed by atoms with E-state index in [2.05, 4.69) is 20.5 Å². The second-order valence-electron chi connectivity index (χ2n) is 4.78. The van der Waals surface area contributed by atoms with Crippen LogP contribution in [0.25, 0.3) is 0 Å². The standard InChI is InChI=1S/C13H16N6O/c1-4-18-6-10(5-15-18)12-11(9(3)20)8(2)17-13-14-7-16-19(12)13/h5-7,12H,4H2,1-3H3,(H,14,16,17). The monoisotopic (exact) mass is 272 g/mol. The van der Waals surface area contributed by atoms with Crippen molar-refractivity contribution in [2.75, 3.05) is 5.32 Å². The smallest absolute Gasteiger partial charge is 0.226 e. The summed E-state index contributed by atoms with van der Waals surface area (Å²) in [6.45, 7) is 6.26. The van der Waals surface area contributed by atoms with Crippen molar-refractivity contribution in [1.82, 2.24) is 24.5 Å². The van der Waals surface area contributed by atoms with E-state index < -0.39 is 0 Å². The van der Waals surface area contributed by atoms with Gasteiger partial charge in [-0.2, -0.15) is 15.2 Å². The maximum absolute atomic E-state index is 12.0. The first-order chi connectivity index (χ1) is 9.61. The van der Waals surface area contributed by atoms with Crippen molar-refractivity contribution in [2.45, 2.75) is 33.4 Å². The predicted molar refractivity (Wildman–Crippen MR) is 73.1 cm³/mol. The Kier molecular flexibility index (Phi) is 2.89. The molecule has 3 rings (SSSR count). The molecule has 7 nitrogen and oxygen atoms in total. The van der Waals surface area contributed by atoms with Crippen LogP contribution in [0.3, 0.4) is 0 Å². The summed E-state index contributed by atoms with van der Waals surface area (Å²) in [6.07, 6.45) is 5.20. The van der Waals surface area contributed by atoms with Gasteiger partial charge in [0.2, 0.25) is 5.95 Å². The summed E-state index contributed by atoms with van der Waals surface area (Å²) < 4.78 is 3.56. The minimum absolute atomic E-state index is 0.0189. The second kappa shape index (κ2) is 4.59. The van der Waals surface area contributed by atoms with Gasteiger partial charge in [-0.1, -0.05) is 0 Å². The van der Waals surface area contributed by atoms with E-state index in [4.69, 9.17) is 0 Å². The lowest BCUT2D eigenvalue weighted by atomic mass is 9.95. The number of allylic oxidation sites excluding steroid dienone is 2. The normalized spacial score (nSPS) is 17.9. The Labute approximate surface area is 116 Å². The number of aromatic nitrogens is 5. The summed E-state index contributed by atoms with van der Waals surface area (Å²) in [6, 6.07) is -0.272. The number of ketones is 1. The van der Waals surface area contributed by atoms with Crippen molar-refractivity contribution < 1.29 is 4.79 Å². The van der Waals surface area contributed by atoms with Crippen LogP contribution in [-0.2, 0) is 11.3 Å². The Morgan fingerprint density at radius 2 is 2.25 bits per heavy atom. The number of fused-ring (bicyclic) bond motifs is 1. The van der Waals surface area contributed by atoms with Gasteiger partial charge in [-0.3, -0.25) is 9.48 Å². The van der Waals surface area contributed by atoms with E-state index >= 15 is 0 Å². The number of Topliss-reactive ketones (excluding diaryl/α,β-unsaturated/α-hetero) is 1. The van der Waals surface area contributed by atoms with Crippen LogP contribution in [0.2, 0.25) is 0 Å². The van der Waals surface area contributed by atoms with E-state index in [0.29, 0.717) is 11.5 Å². The van der Waals surface area contributed by atoms with E-state index in [1.54, 1.807) is 17.8 Å². The number of aryl methyl sites for hydroxylation is 1. The number of nitrogens with one attached hydrogen (secondary N) is 1. The maximum atomic E-state index is 12.0. The van der Waals surface area contributed by atoms with Crippen LogP contribution in [-0.4, -0.2) is 30.3 Å². The van der Waals surface area contributed by atoms with Crippen molar-refractivity contribution in [2.24, 2.45) is 0 Å². The Hall–Kier alpha value is -2.44. The zero-order chi connectivity index (χ0) is 14.3. The Balaban J connectivity index is 2.16. The van der Waals surface area contributed by atoms with Crippen LogP contribution in [0.4, 0.5) is 5.95 Å². The van der Waals surface area contributed by atoms with Gasteiger partial charge in [-0.05, 0) is 20.8 Å². The molecule has 1 unspecified atom stereocenters. The highest BCUT2D eigenvalue weighted by atomic mass is 16.1. The summed E-state index contributed by atoms with van der Waals surface area (Å²) in [5.41, 5.74) is 2.44. The van der Waals surface area contributed by atoms with Gasteiger partial charge in [0.15, 0.2) is 5.78 Å². The molecule has 0 saturated carbocycles. The number of carbonyl (C=O) groups is 1. The van der Waals surface area contributed by atoms with Crippen LogP contribution >= 0.6 is 0 Å². The molecule has 0 radical (unpaired) electrons.